The number of hydrogen-bond acceptors (Lipinski definition) is 9. The Morgan fingerprint density at radius 2 is 1.33 bits per heavy atom. The molecule has 10 atom stereocenters. The normalized spacial score (nSPS) is 26.6. The molecule has 7 unspecified atom stereocenters. The fraction of sp³-hybridized carbons (Fsp3) is 0.547. The minimum absolute atomic E-state index is 0.0235. The summed E-state index contributed by atoms with van der Waals surface area (Å²) in [7, 11) is -3.13. The summed E-state index contributed by atoms with van der Waals surface area (Å²) in [5.74, 6) is 10.5. The number of H-pyrrole nitrogens is 1. The molecule has 1 saturated heterocycles. The molecule has 2 saturated carbocycles. The summed E-state index contributed by atoms with van der Waals surface area (Å²) >= 11 is 0. The van der Waals surface area contributed by atoms with Crippen LogP contribution in [0.3, 0.4) is 0 Å². The van der Waals surface area contributed by atoms with Gasteiger partial charge in [-0.2, -0.15) is 4.89 Å². The molecule has 13 heteroatoms. The number of benzene rings is 3. The summed E-state index contributed by atoms with van der Waals surface area (Å²) < 4.78 is 45.3. The van der Waals surface area contributed by atoms with Crippen LogP contribution in [0.25, 0.3) is 0 Å². The van der Waals surface area contributed by atoms with E-state index in [1.807, 2.05) is 85.8 Å². The lowest BCUT2D eigenvalue weighted by Crippen LogP contribution is -2.39. The highest BCUT2D eigenvalue weighted by Crippen LogP contribution is 2.45. The lowest BCUT2D eigenvalue weighted by atomic mass is 9.75. The Balaban J connectivity index is 1.27. The number of nitrogens with zero attached hydrogens (tertiary/aromatic N) is 1. The van der Waals surface area contributed by atoms with Crippen LogP contribution in [0.4, 0.5) is 0 Å². The van der Waals surface area contributed by atoms with Crippen molar-refractivity contribution in [1.82, 2.24) is 9.55 Å². The van der Waals surface area contributed by atoms with Crippen molar-refractivity contribution in [3.63, 3.8) is 0 Å². The van der Waals surface area contributed by atoms with Crippen molar-refractivity contribution in [2.45, 2.75) is 142 Å². The predicted molar refractivity (Wildman–Crippen MR) is 254 cm³/mol. The third-order valence-corrected chi connectivity index (χ3v) is 14.2. The molecule has 7 rings (SSSR count). The maximum absolute atomic E-state index is 13.3. The Labute approximate surface area is 390 Å². The van der Waals surface area contributed by atoms with Gasteiger partial charge in [0.1, 0.15) is 53.3 Å². The highest BCUT2D eigenvalue weighted by atomic mass is 31.1. The van der Waals surface area contributed by atoms with E-state index in [1.165, 1.54) is 23.6 Å². The van der Waals surface area contributed by atoms with E-state index in [9.17, 15) is 19.0 Å². The molecule has 0 radical (unpaired) electrons. The number of hydrogen-bond donors (Lipinski definition) is 2. The number of unbranched alkanes of at least 4 members (excludes halogenated alkanes) is 1. The topological polar surface area (TPSA) is 148 Å². The molecule has 3 fully saturated rings. The molecule has 12 nitrogen and oxygen atoms in total. The van der Waals surface area contributed by atoms with E-state index in [2.05, 4.69) is 58.4 Å². The van der Waals surface area contributed by atoms with Gasteiger partial charge in [0, 0.05) is 23.6 Å². The molecular formula is C53H68N2O10P+. The largest absolute Gasteiger partial charge is 0.725 e. The van der Waals surface area contributed by atoms with Crippen molar-refractivity contribution in [3.8, 4) is 23.3 Å². The van der Waals surface area contributed by atoms with Gasteiger partial charge in [-0.1, -0.05) is 128 Å². The third kappa shape index (κ3) is 11.7. The Hall–Kier alpha value is -4.60. The van der Waals surface area contributed by atoms with E-state index in [4.69, 9.17) is 28.5 Å². The molecule has 0 spiro atoms. The van der Waals surface area contributed by atoms with Crippen LogP contribution in [0.5, 0.6) is 11.5 Å². The van der Waals surface area contributed by atoms with Gasteiger partial charge >= 0.3 is 13.9 Å². The second kappa shape index (κ2) is 22.5. The van der Waals surface area contributed by atoms with E-state index in [-0.39, 0.29) is 30.8 Å². The molecule has 2 aliphatic carbocycles. The summed E-state index contributed by atoms with van der Waals surface area (Å²) in [6.07, 6.45) is 6.87. The SMILES string of the molecule is CCCC#Cc1cn([C@H]2C[C@H](OO[P+](=O)O)[C@@H](COC(c3ccccc3)(c3ccc(OC4CC(C)CCC4C(C)C)cc3)c3ccc(OC4CC(C)CCC4C(C)C)cc3)O2)c(=O)[nH]c1=O. The minimum Gasteiger partial charge on any atom is -0.490 e. The maximum Gasteiger partial charge on any atom is 0.725 e. The highest BCUT2D eigenvalue weighted by molar-refractivity contribution is 7.31. The number of nitrogens with one attached hydrogen (secondary N) is 1. The van der Waals surface area contributed by atoms with Gasteiger partial charge in [0.2, 0.25) is 0 Å². The maximum atomic E-state index is 13.3. The van der Waals surface area contributed by atoms with Crippen LogP contribution in [-0.4, -0.2) is 45.5 Å². The fourth-order valence-corrected chi connectivity index (χ4v) is 10.5. The molecule has 2 N–H and O–H groups in total. The summed E-state index contributed by atoms with van der Waals surface area (Å²) in [6, 6.07) is 26.2. The van der Waals surface area contributed by atoms with Crippen molar-refractivity contribution < 1.29 is 38.0 Å². The molecular weight excluding hydrogens is 856 g/mol. The first-order valence-electron chi connectivity index (χ1n) is 24.0. The summed E-state index contributed by atoms with van der Waals surface area (Å²) in [4.78, 5) is 43.5. The molecule has 1 aliphatic heterocycles. The van der Waals surface area contributed by atoms with Crippen molar-refractivity contribution in [1.29, 1.82) is 0 Å². The number of aromatic amines is 1. The van der Waals surface area contributed by atoms with Crippen LogP contribution in [0.2, 0.25) is 0 Å². The second-order valence-electron chi connectivity index (χ2n) is 19.4. The minimum atomic E-state index is -3.13. The van der Waals surface area contributed by atoms with Gasteiger partial charge in [-0.3, -0.25) is 14.3 Å². The molecule has 66 heavy (non-hydrogen) atoms. The van der Waals surface area contributed by atoms with Crippen LogP contribution >= 0.6 is 8.25 Å². The first-order chi connectivity index (χ1) is 31.7. The molecule has 3 aliphatic rings. The lowest BCUT2D eigenvalue weighted by molar-refractivity contribution is -0.260. The average molecular weight is 924 g/mol. The van der Waals surface area contributed by atoms with Gasteiger partial charge in [0.15, 0.2) is 0 Å². The van der Waals surface area contributed by atoms with E-state index >= 15 is 0 Å². The summed E-state index contributed by atoms with van der Waals surface area (Å²) in [5.41, 5.74) is 0.0364. The standard InChI is InChI=1S/C53H67N2O10P/c1-8-9-11-14-38-32-55(52(57)54-51(38)56)50-31-48(64-65-66(58)59)49(63-50)33-60-53(39-15-12-10-13-16-39,40-19-23-42(24-20-40)61-46-29-36(6)17-27-44(46)34(2)3)41-21-25-43(26-22-41)62-47-30-37(7)18-28-45(47)35(4)5/h10,12-13,15-16,19-26,32,34-37,44-50H,8-9,17-18,27-31,33H2,1-7H3,(H-,54,56,57,58,59)/p+1/t36?,37?,44?,45?,46?,47?,48-,49+,50+,53?/m0/s1. The van der Waals surface area contributed by atoms with E-state index in [0.717, 1.165) is 60.3 Å². The second-order valence-corrected chi connectivity index (χ2v) is 20.1. The number of rotatable bonds is 17. The van der Waals surface area contributed by atoms with Gasteiger partial charge in [-0.25, -0.2) is 4.79 Å². The molecule has 4 aromatic rings. The molecule has 0 bridgehead atoms. The zero-order valence-electron chi connectivity index (χ0n) is 39.5. The Bertz CT molecular complexity index is 2310. The van der Waals surface area contributed by atoms with Gasteiger partial charge in [-0.05, 0) is 109 Å². The quantitative estimate of drug-likeness (QED) is 0.0345. The first kappa shape index (κ1) is 49.3. The van der Waals surface area contributed by atoms with Gasteiger partial charge in [0.05, 0.1) is 11.3 Å². The molecule has 3 aromatic carbocycles. The Kier molecular flexibility index (Phi) is 16.8. The van der Waals surface area contributed by atoms with Crippen molar-refractivity contribution in [3.05, 3.63) is 128 Å². The molecule has 1 aromatic heterocycles. The Morgan fingerprint density at radius 3 is 1.85 bits per heavy atom. The van der Waals surface area contributed by atoms with Crippen molar-refractivity contribution in [2.24, 2.45) is 35.5 Å². The molecule has 2 heterocycles. The van der Waals surface area contributed by atoms with Crippen LogP contribution in [0.1, 0.15) is 135 Å². The van der Waals surface area contributed by atoms with E-state index in [1.54, 1.807) is 0 Å². The number of ether oxygens (including phenoxy) is 4. The zero-order valence-corrected chi connectivity index (χ0v) is 40.4. The van der Waals surface area contributed by atoms with Crippen LogP contribution in [-0.2, 0) is 29.2 Å². The third-order valence-electron chi connectivity index (χ3n) is 14.0. The lowest BCUT2D eigenvalue weighted by Gasteiger charge is -2.39. The zero-order chi connectivity index (χ0) is 47.0. The predicted octanol–water partition coefficient (Wildman–Crippen LogP) is 10.6. The van der Waals surface area contributed by atoms with Crippen molar-refractivity contribution in [2.75, 3.05) is 6.61 Å². The first-order valence-corrected chi connectivity index (χ1v) is 25.1. The van der Waals surface area contributed by atoms with Crippen LogP contribution < -0.4 is 20.7 Å². The summed E-state index contributed by atoms with van der Waals surface area (Å²) in [5, 5.41) is 0. The summed E-state index contributed by atoms with van der Waals surface area (Å²) in [6.45, 7) is 15.6. The fourth-order valence-electron chi connectivity index (χ4n) is 10.3. The van der Waals surface area contributed by atoms with Gasteiger partial charge in [0.25, 0.3) is 5.56 Å². The van der Waals surface area contributed by atoms with Crippen LogP contribution in [0, 0.1) is 47.3 Å². The Morgan fingerprint density at radius 1 is 0.788 bits per heavy atom. The highest BCUT2D eigenvalue weighted by Gasteiger charge is 2.45. The monoisotopic (exact) mass is 923 g/mol. The van der Waals surface area contributed by atoms with Crippen molar-refractivity contribution >= 4 is 8.25 Å². The van der Waals surface area contributed by atoms with Crippen LogP contribution in [0.15, 0.2) is 94.6 Å². The van der Waals surface area contributed by atoms with Gasteiger partial charge in [-0.15, -0.1) is 4.89 Å². The number of aromatic nitrogens is 2. The molecule has 0 amide bonds. The smallest absolute Gasteiger partial charge is 0.490 e. The molecule has 354 valence electrons. The average Bonchev–Trinajstić information content (AvgIpc) is 3.70. The van der Waals surface area contributed by atoms with E-state index < -0.39 is 43.5 Å². The van der Waals surface area contributed by atoms with E-state index in [0.29, 0.717) is 41.9 Å². The van der Waals surface area contributed by atoms with Gasteiger partial charge < -0.3 is 18.9 Å².